The number of likely N-dealkylation sites (tertiary alicyclic amines) is 1. The van der Waals surface area contributed by atoms with Gasteiger partial charge in [0, 0.05) is 64.0 Å². The Balaban J connectivity index is 1.57. The van der Waals surface area contributed by atoms with Crippen LogP contribution < -0.4 is 5.32 Å². The van der Waals surface area contributed by atoms with Gasteiger partial charge in [-0.25, -0.2) is 4.39 Å². The molecule has 2 heterocycles. The molecule has 2 saturated heterocycles. The van der Waals surface area contributed by atoms with Gasteiger partial charge in [0.15, 0.2) is 0 Å². The van der Waals surface area contributed by atoms with Crippen LogP contribution in [0.5, 0.6) is 0 Å². The summed E-state index contributed by atoms with van der Waals surface area (Å²) in [5.74, 6) is -0.665. The third-order valence-corrected chi connectivity index (χ3v) is 6.17. The molecule has 160 valence electrons. The topological polar surface area (TPSA) is 61.9 Å². The highest BCUT2D eigenvalue weighted by atomic mass is 35.5. The third kappa shape index (κ3) is 5.90. The maximum Gasteiger partial charge on any atom is 0.251 e. The highest BCUT2D eigenvalue weighted by Crippen LogP contribution is 2.23. The van der Waals surface area contributed by atoms with Crippen LogP contribution in [0.3, 0.4) is 0 Å². The summed E-state index contributed by atoms with van der Waals surface area (Å²) < 4.78 is 18.8. The summed E-state index contributed by atoms with van der Waals surface area (Å²) in [5.41, 5.74) is 0.351. The molecule has 2 fully saturated rings. The number of benzene rings is 1. The molecule has 1 aromatic carbocycles. The van der Waals surface area contributed by atoms with E-state index in [1.807, 2.05) is 4.90 Å². The van der Waals surface area contributed by atoms with E-state index in [9.17, 15) is 14.0 Å². The van der Waals surface area contributed by atoms with Gasteiger partial charge in [-0.2, -0.15) is 0 Å². The lowest BCUT2D eigenvalue weighted by Crippen LogP contribution is -2.53. The Hall–Kier alpha value is -1.70. The Morgan fingerprint density at radius 3 is 2.48 bits per heavy atom. The van der Waals surface area contributed by atoms with Crippen molar-refractivity contribution in [1.82, 2.24) is 15.1 Å². The summed E-state index contributed by atoms with van der Waals surface area (Å²) in [7, 11) is 0. The number of ether oxygens (including phenoxy) is 1. The fraction of sp³-hybridized carbons (Fsp3) is 0.619. The first-order chi connectivity index (χ1) is 14.0. The highest BCUT2D eigenvalue weighted by molar-refractivity contribution is 6.31. The maximum atomic E-state index is 13.3. The van der Waals surface area contributed by atoms with E-state index in [2.05, 4.69) is 10.2 Å². The average Bonchev–Trinajstić information content (AvgIpc) is 2.74. The zero-order chi connectivity index (χ0) is 20.8. The van der Waals surface area contributed by atoms with Gasteiger partial charge < -0.3 is 15.0 Å². The molecule has 2 aliphatic rings. The summed E-state index contributed by atoms with van der Waals surface area (Å²) in [5, 5.41) is 2.87. The first kappa shape index (κ1) is 22.0. The van der Waals surface area contributed by atoms with Gasteiger partial charge in [-0.15, -0.1) is 0 Å². The number of amides is 2. The van der Waals surface area contributed by atoms with E-state index in [1.165, 1.54) is 18.2 Å². The normalized spacial score (nSPS) is 18.8. The van der Waals surface area contributed by atoms with Gasteiger partial charge in [0.05, 0.1) is 5.02 Å². The Kier molecular flexibility index (Phi) is 7.86. The molecule has 29 heavy (non-hydrogen) atoms. The van der Waals surface area contributed by atoms with E-state index in [4.69, 9.17) is 16.3 Å². The zero-order valence-corrected chi connectivity index (χ0v) is 17.6. The van der Waals surface area contributed by atoms with Crippen molar-refractivity contribution in [2.45, 2.75) is 44.7 Å². The van der Waals surface area contributed by atoms with E-state index in [0.717, 1.165) is 58.5 Å². The number of hydrogen-bond donors (Lipinski definition) is 1. The summed E-state index contributed by atoms with van der Waals surface area (Å²) >= 11 is 5.78. The van der Waals surface area contributed by atoms with Gasteiger partial charge >= 0.3 is 0 Å². The molecule has 0 bridgehead atoms. The number of piperidine rings is 1. The fourth-order valence-corrected chi connectivity index (χ4v) is 4.41. The van der Waals surface area contributed by atoms with Gasteiger partial charge in [-0.1, -0.05) is 11.6 Å². The smallest absolute Gasteiger partial charge is 0.251 e. The quantitative estimate of drug-likeness (QED) is 0.761. The standard InChI is InChI=1S/C21H29ClFN3O3/c1-15(27)25-9-4-17(5-10-25)26(18-6-12-29-13-7-18)11-8-24-21(28)16-2-3-20(23)19(22)14-16/h2-3,14,17-18H,4-13H2,1H3,(H,24,28). The van der Waals surface area contributed by atoms with Crippen molar-refractivity contribution in [3.05, 3.63) is 34.6 Å². The van der Waals surface area contributed by atoms with Crippen LogP contribution in [-0.2, 0) is 9.53 Å². The van der Waals surface area contributed by atoms with Crippen LogP contribution in [0, 0.1) is 5.82 Å². The first-order valence-electron chi connectivity index (χ1n) is 10.3. The van der Waals surface area contributed by atoms with Crippen molar-refractivity contribution < 1.29 is 18.7 Å². The number of nitrogens with one attached hydrogen (secondary N) is 1. The van der Waals surface area contributed by atoms with E-state index in [1.54, 1.807) is 6.92 Å². The molecule has 0 unspecified atom stereocenters. The van der Waals surface area contributed by atoms with Crippen molar-refractivity contribution in [1.29, 1.82) is 0 Å². The number of carbonyl (C=O) groups is 2. The van der Waals surface area contributed by atoms with Crippen LogP contribution in [0.25, 0.3) is 0 Å². The van der Waals surface area contributed by atoms with Crippen LogP contribution in [0.1, 0.15) is 43.0 Å². The molecule has 1 N–H and O–H groups in total. The molecule has 8 heteroatoms. The molecule has 0 aliphatic carbocycles. The first-order valence-corrected chi connectivity index (χ1v) is 10.7. The van der Waals surface area contributed by atoms with Crippen molar-refractivity contribution in [2.24, 2.45) is 0 Å². The molecule has 6 nitrogen and oxygen atoms in total. The predicted molar refractivity (Wildman–Crippen MR) is 110 cm³/mol. The molecule has 3 rings (SSSR count). The molecule has 2 amide bonds. The summed E-state index contributed by atoms with van der Waals surface area (Å²) in [6, 6.07) is 4.80. The monoisotopic (exact) mass is 425 g/mol. The van der Waals surface area contributed by atoms with Crippen LogP contribution in [0.4, 0.5) is 4.39 Å². The van der Waals surface area contributed by atoms with Crippen molar-refractivity contribution in [2.75, 3.05) is 39.4 Å². The van der Waals surface area contributed by atoms with Gasteiger partial charge in [0.25, 0.3) is 5.91 Å². The van der Waals surface area contributed by atoms with Crippen molar-refractivity contribution >= 4 is 23.4 Å². The summed E-state index contributed by atoms with van der Waals surface area (Å²) in [6.45, 7) is 5.92. The van der Waals surface area contributed by atoms with E-state index >= 15 is 0 Å². The Morgan fingerprint density at radius 1 is 1.21 bits per heavy atom. The second kappa shape index (κ2) is 10.4. The Bertz CT molecular complexity index is 719. The fourth-order valence-electron chi connectivity index (χ4n) is 4.23. The van der Waals surface area contributed by atoms with Gasteiger partial charge in [-0.05, 0) is 43.9 Å². The molecule has 0 saturated carbocycles. The number of nitrogens with zero attached hydrogens (tertiary/aromatic N) is 2. The SMILES string of the molecule is CC(=O)N1CCC(N(CCNC(=O)c2ccc(F)c(Cl)c2)C2CCOCC2)CC1. The number of carbonyl (C=O) groups excluding carboxylic acids is 2. The maximum absolute atomic E-state index is 13.3. The Labute approximate surface area is 176 Å². The second-order valence-corrected chi connectivity index (χ2v) is 8.11. The van der Waals surface area contributed by atoms with Gasteiger partial charge in [0.2, 0.25) is 5.91 Å². The molecule has 2 aliphatic heterocycles. The summed E-state index contributed by atoms with van der Waals surface area (Å²) in [6.07, 6.45) is 3.85. The number of rotatable bonds is 6. The molecule has 0 spiro atoms. The van der Waals surface area contributed by atoms with Gasteiger partial charge in [0.1, 0.15) is 5.82 Å². The molecular weight excluding hydrogens is 397 g/mol. The minimum absolute atomic E-state index is 0.0567. The van der Waals surface area contributed by atoms with Crippen LogP contribution in [0.2, 0.25) is 5.02 Å². The molecule has 0 atom stereocenters. The lowest BCUT2D eigenvalue weighted by Gasteiger charge is -2.43. The molecular formula is C21H29ClFN3O3. The lowest BCUT2D eigenvalue weighted by atomic mass is 9.98. The molecule has 0 radical (unpaired) electrons. The number of halogens is 2. The molecule has 1 aromatic rings. The largest absolute Gasteiger partial charge is 0.381 e. The average molecular weight is 426 g/mol. The lowest BCUT2D eigenvalue weighted by molar-refractivity contribution is -0.130. The Morgan fingerprint density at radius 2 is 1.86 bits per heavy atom. The minimum Gasteiger partial charge on any atom is -0.381 e. The van der Waals surface area contributed by atoms with Crippen LogP contribution in [-0.4, -0.2) is 73.1 Å². The minimum atomic E-state index is -0.536. The zero-order valence-electron chi connectivity index (χ0n) is 16.8. The van der Waals surface area contributed by atoms with Crippen LogP contribution >= 0.6 is 11.6 Å². The third-order valence-electron chi connectivity index (χ3n) is 5.88. The highest BCUT2D eigenvalue weighted by Gasteiger charge is 2.31. The van der Waals surface area contributed by atoms with Gasteiger partial charge in [-0.3, -0.25) is 14.5 Å². The second-order valence-electron chi connectivity index (χ2n) is 7.70. The van der Waals surface area contributed by atoms with E-state index < -0.39 is 5.82 Å². The summed E-state index contributed by atoms with van der Waals surface area (Å²) in [4.78, 5) is 28.4. The van der Waals surface area contributed by atoms with Crippen molar-refractivity contribution in [3.8, 4) is 0 Å². The molecule has 0 aromatic heterocycles. The predicted octanol–water partition coefficient (Wildman–Crippen LogP) is 2.70. The number of hydrogen-bond acceptors (Lipinski definition) is 4. The van der Waals surface area contributed by atoms with E-state index in [-0.39, 0.29) is 16.8 Å². The van der Waals surface area contributed by atoms with E-state index in [0.29, 0.717) is 24.2 Å². The van der Waals surface area contributed by atoms with Crippen molar-refractivity contribution in [3.63, 3.8) is 0 Å². The van der Waals surface area contributed by atoms with Crippen LogP contribution in [0.15, 0.2) is 18.2 Å².